The Morgan fingerprint density at radius 3 is 2.43 bits per heavy atom. The first-order valence-electron chi connectivity index (χ1n) is 6.49. The second kappa shape index (κ2) is 6.07. The normalized spacial score (nSPS) is 11.5. The van der Waals surface area contributed by atoms with E-state index in [1.54, 1.807) is 4.68 Å². The molecule has 0 aliphatic rings. The highest BCUT2D eigenvalue weighted by atomic mass is 19.4. The van der Waals surface area contributed by atoms with E-state index < -0.39 is 6.36 Å². The van der Waals surface area contributed by atoms with Crippen molar-refractivity contribution in [3.8, 4) is 5.75 Å². The van der Waals surface area contributed by atoms with Crippen molar-refractivity contribution in [1.82, 2.24) is 9.78 Å². The standard InChI is InChI=1S/C14H16F3N3O/c1-3-10-8-12(20(2)19-10)9-18-11-4-6-13(7-5-11)21-14(15,16)17/h4-8,18H,3,9H2,1-2H3. The lowest BCUT2D eigenvalue weighted by Crippen LogP contribution is -2.17. The van der Waals surface area contributed by atoms with Crippen LogP contribution in [0.25, 0.3) is 0 Å². The Morgan fingerprint density at radius 1 is 1.24 bits per heavy atom. The number of halogens is 3. The Kier molecular flexibility index (Phi) is 4.40. The summed E-state index contributed by atoms with van der Waals surface area (Å²) in [6.45, 7) is 2.57. The fourth-order valence-electron chi connectivity index (χ4n) is 1.88. The Morgan fingerprint density at radius 2 is 1.90 bits per heavy atom. The van der Waals surface area contributed by atoms with Crippen molar-refractivity contribution in [3.63, 3.8) is 0 Å². The topological polar surface area (TPSA) is 39.1 Å². The van der Waals surface area contributed by atoms with Crippen LogP contribution in [0.5, 0.6) is 5.75 Å². The van der Waals surface area contributed by atoms with Gasteiger partial charge in [0.05, 0.1) is 17.9 Å². The van der Waals surface area contributed by atoms with Crippen molar-refractivity contribution in [2.24, 2.45) is 7.05 Å². The Hall–Kier alpha value is -2.18. The van der Waals surface area contributed by atoms with Gasteiger partial charge in [0.2, 0.25) is 0 Å². The van der Waals surface area contributed by atoms with E-state index in [2.05, 4.69) is 15.2 Å². The highest BCUT2D eigenvalue weighted by Crippen LogP contribution is 2.24. The third-order valence-corrected chi connectivity index (χ3v) is 2.95. The molecule has 0 saturated heterocycles. The fraction of sp³-hybridized carbons (Fsp3) is 0.357. The molecular formula is C14H16F3N3O. The van der Waals surface area contributed by atoms with Gasteiger partial charge >= 0.3 is 6.36 Å². The number of anilines is 1. The minimum absolute atomic E-state index is 0.234. The van der Waals surface area contributed by atoms with Gasteiger partial charge in [0.1, 0.15) is 5.75 Å². The maximum absolute atomic E-state index is 12.0. The molecule has 0 unspecified atom stereocenters. The van der Waals surface area contributed by atoms with Crippen LogP contribution in [0.3, 0.4) is 0 Å². The van der Waals surface area contributed by atoms with Crippen LogP contribution in [0.1, 0.15) is 18.3 Å². The molecule has 0 atom stereocenters. The molecule has 0 spiro atoms. The van der Waals surface area contributed by atoms with Gasteiger partial charge in [0, 0.05) is 12.7 Å². The first kappa shape index (κ1) is 15.2. The molecule has 7 heteroatoms. The van der Waals surface area contributed by atoms with Crippen LogP contribution in [0, 0.1) is 0 Å². The minimum atomic E-state index is -4.67. The molecule has 2 rings (SSSR count). The number of alkyl halides is 3. The lowest BCUT2D eigenvalue weighted by Gasteiger charge is -2.10. The molecule has 0 saturated carbocycles. The van der Waals surface area contributed by atoms with Crippen molar-refractivity contribution in [2.75, 3.05) is 5.32 Å². The molecule has 1 aromatic heterocycles. The number of nitrogens with zero attached hydrogens (tertiary/aromatic N) is 2. The fourth-order valence-corrected chi connectivity index (χ4v) is 1.88. The van der Waals surface area contributed by atoms with Crippen LogP contribution in [0.2, 0.25) is 0 Å². The predicted octanol–water partition coefficient (Wildman–Crippen LogP) is 3.49. The monoisotopic (exact) mass is 299 g/mol. The molecule has 1 heterocycles. The number of aromatic nitrogens is 2. The lowest BCUT2D eigenvalue weighted by molar-refractivity contribution is -0.274. The van der Waals surface area contributed by atoms with Crippen molar-refractivity contribution in [1.29, 1.82) is 0 Å². The third-order valence-electron chi connectivity index (χ3n) is 2.95. The highest BCUT2D eigenvalue weighted by Gasteiger charge is 2.30. The number of rotatable bonds is 5. The van der Waals surface area contributed by atoms with Gasteiger partial charge in [-0.05, 0) is 36.8 Å². The van der Waals surface area contributed by atoms with E-state index in [-0.39, 0.29) is 5.75 Å². The molecule has 21 heavy (non-hydrogen) atoms. The molecule has 1 N–H and O–H groups in total. The molecule has 0 radical (unpaired) electrons. The van der Waals surface area contributed by atoms with Crippen LogP contribution in [-0.4, -0.2) is 16.1 Å². The van der Waals surface area contributed by atoms with Crippen LogP contribution < -0.4 is 10.1 Å². The largest absolute Gasteiger partial charge is 0.573 e. The molecule has 0 aliphatic carbocycles. The molecule has 0 aliphatic heterocycles. The molecule has 0 fully saturated rings. The van der Waals surface area contributed by atoms with Crippen molar-refractivity contribution < 1.29 is 17.9 Å². The smallest absolute Gasteiger partial charge is 0.406 e. The first-order chi connectivity index (χ1) is 9.87. The average Bonchev–Trinajstić information content (AvgIpc) is 2.77. The number of nitrogens with one attached hydrogen (secondary N) is 1. The van der Waals surface area contributed by atoms with Crippen LogP contribution in [0.4, 0.5) is 18.9 Å². The van der Waals surface area contributed by atoms with E-state index in [9.17, 15) is 13.2 Å². The second-order valence-corrected chi connectivity index (χ2v) is 4.53. The number of hydrogen-bond donors (Lipinski definition) is 1. The summed E-state index contributed by atoms with van der Waals surface area (Å²) in [7, 11) is 1.86. The van der Waals surface area contributed by atoms with Gasteiger partial charge in [-0.25, -0.2) is 0 Å². The van der Waals surface area contributed by atoms with E-state index in [4.69, 9.17) is 0 Å². The average molecular weight is 299 g/mol. The summed E-state index contributed by atoms with van der Waals surface area (Å²) in [6, 6.07) is 7.62. The summed E-state index contributed by atoms with van der Waals surface area (Å²) in [4.78, 5) is 0. The molecule has 1 aromatic carbocycles. The summed E-state index contributed by atoms with van der Waals surface area (Å²) in [5.74, 6) is -0.234. The summed E-state index contributed by atoms with van der Waals surface area (Å²) in [5, 5.41) is 7.46. The maximum atomic E-state index is 12.0. The Labute approximate surface area is 120 Å². The van der Waals surface area contributed by atoms with Crippen molar-refractivity contribution in [3.05, 3.63) is 41.7 Å². The first-order valence-corrected chi connectivity index (χ1v) is 6.49. The molecule has 0 amide bonds. The van der Waals surface area contributed by atoms with Crippen LogP contribution in [-0.2, 0) is 20.0 Å². The van der Waals surface area contributed by atoms with Gasteiger partial charge in [-0.3, -0.25) is 4.68 Å². The Bertz CT molecular complexity index is 591. The zero-order valence-corrected chi connectivity index (χ0v) is 11.7. The van der Waals surface area contributed by atoms with Crippen LogP contribution >= 0.6 is 0 Å². The SMILES string of the molecule is CCc1cc(CNc2ccc(OC(F)(F)F)cc2)n(C)n1. The molecule has 4 nitrogen and oxygen atoms in total. The van der Waals surface area contributed by atoms with Gasteiger partial charge in [-0.1, -0.05) is 6.92 Å². The van der Waals surface area contributed by atoms with Gasteiger partial charge < -0.3 is 10.1 Å². The van der Waals surface area contributed by atoms with Gasteiger partial charge in [-0.2, -0.15) is 5.10 Å². The van der Waals surface area contributed by atoms with E-state index in [1.165, 1.54) is 24.3 Å². The number of ether oxygens (including phenoxy) is 1. The lowest BCUT2D eigenvalue weighted by atomic mass is 10.2. The number of aryl methyl sites for hydroxylation is 2. The highest BCUT2D eigenvalue weighted by molar-refractivity contribution is 5.46. The number of hydrogen-bond acceptors (Lipinski definition) is 3. The van der Waals surface area contributed by atoms with E-state index in [1.807, 2.05) is 20.0 Å². The van der Waals surface area contributed by atoms with Gasteiger partial charge in [0.25, 0.3) is 0 Å². The molecule has 0 bridgehead atoms. The zero-order chi connectivity index (χ0) is 15.5. The van der Waals surface area contributed by atoms with E-state index in [0.717, 1.165) is 17.8 Å². The number of benzene rings is 1. The predicted molar refractivity (Wildman–Crippen MR) is 73.0 cm³/mol. The van der Waals surface area contributed by atoms with E-state index >= 15 is 0 Å². The third kappa shape index (κ3) is 4.40. The molecular weight excluding hydrogens is 283 g/mol. The second-order valence-electron chi connectivity index (χ2n) is 4.53. The van der Waals surface area contributed by atoms with Crippen molar-refractivity contribution >= 4 is 5.69 Å². The molecule has 114 valence electrons. The summed E-state index contributed by atoms with van der Waals surface area (Å²) in [5.41, 5.74) is 2.72. The summed E-state index contributed by atoms with van der Waals surface area (Å²) >= 11 is 0. The van der Waals surface area contributed by atoms with Crippen LogP contribution in [0.15, 0.2) is 30.3 Å². The summed E-state index contributed by atoms with van der Waals surface area (Å²) in [6.07, 6.45) is -3.81. The minimum Gasteiger partial charge on any atom is -0.406 e. The summed E-state index contributed by atoms with van der Waals surface area (Å²) < 4.78 is 41.7. The quantitative estimate of drug-likeness (QED) is 0.918. The van der Waals surface area contributed by atoms with E-state index in [0.29, 0.717) is 12.2 Å². The molecule has 2 aromatic rings. The van der Waals surface area contributed by atoms with Gasteiger partial charge in [-0.15, -0.1) is 13.2 Å². The maximum Gasteiger partial charge on any atom is 0.573 e. The Balaban J connectivity index is 1.95. The van der Waals surface area contributed by atoms with Gasteiger partial charge in [0.15, 0.2) is 0 Å². The zero-order valence-electron chi connectivity index (χ0n) is 11.7. The van der Waals surface area contributed by atoms with Crippen molar-refractivity contribution in [2.45, 2.75) is 26.3 Å².